The predicted molar refractivity (Wildman–Crippen MR) is 70.4 cm³/mol. The van der Waals surface area contributed by atoms with Gasteiger partial charge in [0.25, 0.3) is 0 Å². The van der Waals surface area contributed by atoms with Crippen molar-refractivity contribution in [2.45, 2.75) is 15.7 Å². The number of rotatable bonds is 2. The fourth-order valence-electron chi connectivity index (χ4n) is 1.44. The molecule has 1 heterocycles. The molecule has 0 N–H and O–H groups in total. The van der Waals surface area contributed by atoms with Crippen molar-refractivity contribution in [2.24, 2.45) is 0 Å². The predicted octanol–water partition coefficient (Wildman–Crippen LogP) is 4.65. The molecular weight excluding hydrogens is 252 g/mol. The minimum atomic E-state index is 0.586. The van der Waals surface area contributed by atoms with Crippen molar-refractivity contribution in [1.82, 2.24) is 0 Å². The Bertz CT molecular complexity index is 462. The summed E-state index contributed by atoms with van der Waals surface area (Å²) in [6.07, 6.45) is 2.09. The Hall–Kier alpha value is 0.170. The lowest BCUT2D eigenvalue weighted by molar-refractivity contribution is 1.40. The average Bonchev–Trinajstić information content (AvgIpc) is 2.57. The Morgan fingerprint density at radius 1 is 1.50 bits per heavy atom. The lowest BCUT2D eigenvalue weighted by atomic mass is 10.2. The van der Waals surface area contributed by atoms with Gasteiger partial charge in [-0.15, -0.1) is 47.3 Å². The van der Waals surface area contributed by atoms with Crippen LogP contribution in [-0.4, -0.2) is 6.26 Å². The Morgan fingerprint density at radius 2 is 2.29 bits per heavy atom. The molecule has 2 rings (SSSR count). The molecule has 0 saturated carbocycles. The summed E-state index contributed by atoms with van der Waals surface area (Å²) in [6.45, 7) is 0. The van der Waals surface area contributed by atoms with Gasteiger partial charge in [0, 0.05) is 24.8 Å². The van der Waals surface area contributed by atoms with Gasteiger partial charge in [-0.3, -0.25) is 0 Å². The summed E-state index contributed by atoms with van der Waals surface area (Å²) < 4.78 is 1.25. The second-order valence-corrected chi connectivity index (χ2v) is 5.52. The molecule has 14 heavy (non-hydrogen) atoms. The zero-order valence-corrected chi connectivity index (χ0v) is 10.9. The summed E-state index contributed by atoms with van der Waals surface area (Å²) in [5.74, 6) is 0.586. The largest absolute Gasteiger partial charge is 0.142 e. The topological polar surface area (TPSA) is 0 Å². The number of hydrogen-bond donors (Lipinski definition) is 1. The van der Waals surface area contributed by atoms with Gasteiger partial charge >= 0.3 is 0 Å². The van der Waals surface area contributed by atoms with Crippen LogP contribution in [0.4, 0.5) is 0 Å². The van der Waals surface area contributed by atoms with Crippen LogP contribution in [0.25, 0.3) is 10.1 Å². The molecule has 0 saturated heterocycles. The molecular formula is C10H9ClS3. The van der Waals surface area contributed by atoms with Crippen LogP contribution >= 0.6 is 47.3 Å². The molecule has 0 fully saturated rings. The summed E-state index contributed by atoms with van der Waals surface area (Å²) >= 11 is 13.9. The Balaban J connectivity index is 2.79. The molecule has 0 radical (unpaired) electrons. The number of fused-ring (bicyclic) bond motifs is 1. The van der Waals surface area contributed by atoms with Crippen molar-refractivity contribution in [3.05, 3.63) is 23.1 Å². The van der Waals surface area contributed by atoms with Gasteiger partial charge < -0.3 is 0 Å². The van der Waals surface area contributed by atoms with Gasteiger partial charge in [0.05, 0.1) is 5.88 Å². The molecule has 1 aromatic carbocycles. The SMILES string of the molecule is CSc1c(CCl)sc2c(S)cccc12. The molecule has 2 aromatic rings. The first-order chi connectivity index (χ1) is 6.77. The van der Waals surface area contributed by atoms with E-state index >= 15 is 0 Å². The third-order valence-corrected chi connectivity index (χ3v) is 5.24. The smallest absolute Gasteiger partial charge is 0.0579 e. The Labute approximate surface area is 102 Å². The maximum absolute atomic E-state index is 5.91. The van der Waals surface area contributed by atoms with Crippen LogP contribution in [0.15, 0.2) is 28.0 Å². The summed E-state index contributed by atoms with van der Waals surface area (Å²) in [5.41, 5.74) is 0. The molecule has 74 valence electrons. The number of hydrogen-bond acceptors (Lipinski definition) is 3. The first kappa shape index (κ1) is 10.7. The first-order valence-electron chi connectivity index (χ1n) is 4.11. The lowest BCUT2D eigenvalue weighted by Gasteiger charge is -1.96. The minimum Gasteiger partial charge on any atom is -0.142 e. The van der Waals surface area contributed by atoms with Crippen LogP contribution in [0.3, 0.4) is 0 Å². The van der Waals surface area contributed by atoms with Gasteiger partial charge in [-0.05, 0) is 12.3 Å². The van der Waals surface area contributed by atoms with E-state index in [2.05, 4.69) is 25.0 Å². The van der Waals surface area contributed by atoms with Gasteiger partial charge in [0.1, 0.15) is 0 Å². The minimum absolute atomic E-state index is 0.586. The quantitative estimate of drug-likeness (QED) is 0.466. The molecule has 0 atom stereocenters. The Kier molecular flexibility index (Phi) is 3.32. The van der Waals surface area contributed by atoms with Gasteiger partial charge in [0.15, 0.2) is 0 Å². The van der Waals surface area contributed by atoms with Crippen LogP contribution in [0.2, 0.25) is 0 Å². The second-order valence-electron chi connectivity index (χ2n) is 2.85. The molecule has 0 nitrogen and oxygen atoms in total. The van der Waals surface area contributed by atoms with E-state index in [1.54, 1.807) is 23.1 Å². The lowest BCUT2D eigenvalue weighted by Crippen LogP contribution is -1.73. The molecule has 1 aromatic heterocycles. The zero-order valence-electron chi connectivity index (χ0n) is 7.58. The van der Waals surface area contributed by atoms with E-state index in [0.717, 1.165) is 4.90 Å². The van der Waals surface area contributed by atoms with Crippen LogP contribution in [0.1, 0.15) is 4.88 Å². The normalized spacial score (nSPS) is 11.1. The van der Waals surface area contributed by atoms with Crippen LogP contribution in [0.5, 0.6) is 0 Å². The molecule has 0 aliphatic heterocycles. The van der Waals surface area contributed by atoms with Gasteiger partial charge in [-0.2, -0.15) is 0 Å². The summed E-state index contributed by atoms with van der Waals surface area (Å²) in [6, 6.07) is 6.19. The highest BCUT2D eigenvalue weighted by atomic mass is 35.5. The van der Waals surface area contributed by atoms with Crippen molar-refractivity contribution in [1.29, 1.82) is 0 Å². The summed E-state index contributed by atoms with van der Waals surface area (Å²) in [5, 5.41) is 1.28. The van der Waals surface area contributed by atoms with E-state index < -0.39 is 0 Å². The van der Waals surface area contributed by atoms with Crippen molar-refractivity contribution >= 4 is 57.4 Å². The maximum atomic E-state index is 5.91. The average molecular weight is 261 g/mol. The number of alkyl halides is 1. The number of halogens is 1. The fourth-order valence-corrected chi connectivity index (χ4v) is 4.25. The van der Waals surface area contributed by atoms with Crippen LogP contribution in [0, 0.1) is 0 Å². The molecule has 0 aliphatic rings. The van der Waals surface area contributed by atoms with Crippen molar-refractivity contribution in [3.63, 3.8) is 0 Å². The maximum Gasteiger partial charge on any atom is 0.0579 e. The standard InChI is InChI=1S/C10H9ClS3/c1-13-10-6-3-2-4-7(12)9(6)14-8(10)5-11/h2-4,12H,5H2,1H3. The van der Waals surface area contributed by atoms with E-state index in [9.17, 15) is 0 Å². The molecule has 4 heteroatoms. The third kappa shape index (κ3) is 1.67. The molecule has 0 amide bonds. The number of thiophene rings is 1. The highest BCUT2D eigenvalue weighted by molar-refractivity contribution is 7.99. The highest BCUT2D eigenvalue weighted by Crippen LogP contribution is 2.40. The van der Waals surface area contributed by atoms with Crippen LogP contribution in [-0.2, 0) is 5.88 Å². The van der Waals surface area contributed by atoms with Gasteiger partial charge in [-0.1, -0.05) is 12.1 Å². The van der Waals surface area contributed by atoms with E-state index in [4.69, 9.17) is 11.6 Å². The second kappa shape index (κ2) is 4.35. The number of thiol groups is 1. The van der Waals surface area contributed by atoms with E-state index in [0.29, 0.717) is 5.88 Å². The van der Waals surface area contributed by atoms with Crippen molar-refractivity contribution in [3.8, 4) is 0 Å². The fraction of sp³-hybridized carbons (Fsp3) is 0.200. The number of thioether (sulfide) groups is 1. The first-order valence-corrected chi connectivity index (χ1v) is 7.13. The van der Waals surface area contributed by atoms with E-state index in [1.807, 2.05) is 12.1 Å². The van der Waals surface area contributed by atoms with Crippen LogP contribution < -0.4 is 0 Å². The third-order valence-electron chi connectivity index (χ3n) is 2.04. The van der Waals surface area contributed by atoms with Crippen molar-refractivity contribution < 1.29 is 0 Å². The zero-order chi connectivity index (χ0) is 10.1. The summed E-state index contributed by atoms with van der Waals surface area (Å²) in [4.78, 5) is 3.59. The molecule has 0 aliphatic carbocycles. The highest BCUT2D eigenvalue weighted by Gasteiger charge is 2.11. The monoisotopic (exact) mass is 260 g/mol. The molecule has 0 bridgehead atoms. The van der Waals surface area contributed by atoms with E-state index in [-0.39, 0.29) is 0 Å². The van der Waals surface area contributed by atoms with E-state index in [1.165, 1.54) is 19.9 Å². The number of benzene rings is 1. The Morgan fingerprint density at radius 3 is 2.93 bits per heavy atom. The van der Waals surface area contributed by atoms with Crippen molar-refractivity contribution in [2.75, 3.05) is 6.26 Å². The van der Waals surface area contributed by atoms with Gasteiger partial charge in [0.2, 0.25) is 0 Å². The molecule has 0 spiro atoms. The summed E-state index contributed by atoms with van der Waals surface area (Å²) in [7, 11) is 0. The van der Waals surface area contributed by atoms with Gasteiger partial charge in [-0.25, -0.2) is 0 Å². The molecule has 0 unspecified atom stereocenters.